The van der Waals surface area contributed by atoms with Gasteiger partial charge in [-0.05, 0) is 18.2 Å². The van der Waals surface area contributed by atoms with E-state index in [1.165, 1.54) is 23.1 Å². The summed E-state index contributed by atoms with van der Waals surface area (Å²) in [6.45, 7) is 0. The fourth-order valence-corrected chi connectivity index (χ4v) is 4.06. The number of carbonyl (C=O) groups excluding carboxylic acids is 1. The van der Waals surface area contributed by atoms with Crippen molar-refractivity contribution in [2.75, 3.05) is 11.1 Å². The van der Waals surface area contributed by atoms with E-state index >= 15 is 0 Å². The number of hydrogen-bond acceptors (Lipinski definition) is 5. The van der Waals surface area contributed by atoms with Crippen LogP contribution in [0.2, 0.25) is 5.02 Å². The molecule has 0 unspecified atom stereocenters. The lowest BCUT2D eigenvalue weighted by Gasteiger charge is -2.01. The number of benzene rings is 2. The van der Waals surface area contributed by atoms with E-state index < -0.39 is 0 Å². The van der Waals surface area contributed by atoms with Gasteiger partial charge < -0.3 is 10.3 Å². The number of amides is 1. The molecule has 0 saturated carbocycles. The number of aromatic amines is 1. The summed E-state index contributed by atoms with van der Waals surface area (Å²) in [6, 6.07) is 15.3. The van der Waals surface area contributed by atoms with Crippen molar-refractivity contribution in [3.63, 3.8) is 0 Å². The van der Waals surface area contributed by atoms with Crippen molar-refractivity contribution in [2.45, 2.75) is 5.16 Å². The van der Waals surface area contributed by atoms with Gasteiger partial charge in [0.2, 0.25) is 5.91 Å². The average molecular weight is 401 g/mol. The van der Waals surface area contributed by atoms with Gasteiger partial charge in [-0.2, -0.15) is 0 Å². The van der Waals surface area contributed by atoms with Crippen LogP contribution in [0.3, 0.4) is 0 Å². The number of aromatic nitrogens is 3. The first-order valence-electron chi connectivity index (χ1n) is 7.77. The number of rotatable bonds is 5. The Bertz CT molecular complexity index is 1040. The Morgan fingerprint density at radius 2 is 1.96 bits per heavy atom. The predicted octanol–water partition coefficient (Wildman–Crippen LogP) is 5.07. The molecule has 0 radical (unpaired) electrons. The fraction of sp³-hybridized carbons (Fsp3) is 0.0556. The summed E-state index contributed by atoms with van der Waals surface area (Å²) >= 11 is 8.92. The van der Waals surface area contributed by atoms with Crippen molar-refractivity contribution in [2.24, 2.45) is 0 Å². The van der Waals surface area contributed by atoms with Crippen molar-refractivity contribution < 1.29 is 4.79 Å². The number of halogens is 1. The number of imidazole rings is 1. The molecule has 2 aromatic heterocycles. The van der Waals surface area contributed by atoms with E-state index in [2.05, 4.69) is 20.3 Å². The summed E-state index contributed by atoms with van der Waals surface area (Å²) in [5, 5.41) is 6.60. The number of carbonyl (C=O) groups is 1. The Morgan fingerprint density at radius 1 is 1.15 bits per heavy atom. The molecule has 0 aliphatic rings. The molecule has 0 bridgehead atoms. The monoisotopic (exact) mass is 400 g/mol. The molecular formula is C18H13ClN4OS2. The van der Waals surface area contributed by atoms with Gasteiger partial charge in [0, 0.05) is 16.0 Å². The van der Waals surface area contributed by atoms with Gasteiger partial charge in [0.25, 0.3) is 0 Å². The molecule has 26 heavy (non-hydrogen) atoms. The van der Waals surface area contributed by atoms with Gasteiger partial charge >= 0.3 is 0 Å². The van der Waals surface area contributed by atoms with Crippen LogP contribution in [-0.2, 0) is 4.79 Å². The molecule has 0 spiro atoms. The summed E-state index contributed by atoms with van der Waals surface area (Å²) in [5.41, 5.74) is 3.45. The van der Waals surface area contributed by atoms with Crippen LogP contribution in [0.25, 0.3) is 22.3 Å². The lowest BCUT2D eigenvalue weighted by Crippen LogP contribution is -2.13. The average Bonchev–Trinajstić information content (AvgIpc) is 3.27. The van der Waals surface area contributed by atoms with Gasteiger partial charge in [-0.15, -0.1) is 11.3 Å². The molecule has 0 atom stereocenters. The number of nitrogens with zero attached hydrogens (tertiary/aromatic N) is 2. The normalized spacial score (nSPS) is 11.0. The first kappa shape index (κ1) is 17.1. The third-order valence-corrected chi connectivity index (χ3v) is 5.57. The predicted molar refractivity (Wildman–Crippen MR) is 108 cm³/mol. The zero-order chi connectivity index (χ0) is 17.9. The Labute approximate surface area is 162 Å². The minimum Gasteiger partial charge on any atom is -0.333 e. The quantitative estimate of drug-likeness (QED) is 0.459. The maximum absolute atomic E-state index is 12.2. The second-order valence-electron chi connectivity index (χ2n) is 5.41. The molecular weight excluding hydrogens is 388 g/mol. The van der Waals surface area contributed by atoms with E-state index in [0.29, 0.717) is 10.2 Å². The van der Waals surface area contributed by atoms with Gasteiger partial charge in [-0.3, -0.25) is 4.79 Å². The number of para-hydroxylation sites is 2. The van der Waals surface area contributed by atoms with Crippen LogP contribution in [-0.4, -0.2) is 26.6 Å². The van der Waals surface area contributed by atoms with Gasteiger partial charge in [-0.25, -0.2) is 9.97 Å². The molecule has 130 valence electrons. The third kappa shape index (κ3) is 3.75. The molecule has 0 fully saturated rings. The summed E-state index contributed by atoms with van der Waals surface area (Å²) in [6.07, 6.45) is 0. The maximum Gasteiger partial charge on any atom is 0.236 e. The van der Waals surface area contributed by atoms with E-state index in [-0.39, 0.29) is 11.7 Å². The summed E-state index contributed by atoms with van der Waals surface area (Å²) in [4.78, 5) is 24.3. The van der Waals surface area contributed by atoms with Crippen molar-refractivity contribution in [3.05, 3.63) is 58.9 Å². The van der Waals surface area contributed by atoms with Crippen LogP contribution >= 0.6 is 34.7 Å². The zero-order valence-electron chi connectivity index (χ0n) is 13.4. The van der Waals surface area contributed by atoms with Crippen LogP contribution in [0.15, 0.2) is 59.1 Å². The summed E-state index contributed by atoms with van der Waals surface area (Å²) in [5.74, 6) is 0.122. The highest BCUT2D eigenvalue weighted by molar-refractivity contribution is 7.99. The molecule has 2 aromatic carbocycles. The Kier molecular flexibility index (Phi) is 4.92. The lowest BCUT2D eigenvalue weighted by molar-refractivity contribution is -0.113. The second kappa shape index (κ2) is 7.49. The number of H-pyrrole nitrogens is 1. The molecule has 0 aliphatic heterocycles. The molecule has 2 N–H and O–H groups in total. The largest absolute Gasteiger partial charge is 0.333 e. The molecule has 4 aromatic rings. The van der Waals surface area contributed by atoms with E-state index in [4.69, 9.17) is 11.6 Å². The van der Waals surface area contributed by atoms with Crippen LogP contribution in [0.4, 0.5) is 5.13 Å². The SMILES string of the molecule is O=C(CSc1nc2ccccc2[nH]1)Nc1nc(-c2ccccc2Cl)cs1. The van der Waals surface area contributed by atoms with Crippen molar-refractivity contribution in [3.8, 4) is 11.3 Å². The summed E-state index contributed by atoms with van der Waals surface area (Å²) in [7, 11) is 0. The first-order valence-corrected chi connectivity index (χ1v) is 10.0. The fourth-order valence-electron chi connectivity index (χ4n) is 2.41. The Balaban J connectivity index is 1.38. The van der Waals surface area contributed by atoms with Gasteiger partial charge in [0.15, 0.2) is 10.3 Å². The smallest absolute Gasteiger partial charge is 0.236 e. The molecule has 5 nitrogen and oxygen atoms in total. The van der Waals surface area contributed by atoms with E-state index in [9.17, 15) is 4.79 Å². The number of fused-ring (bicyclic) bond motifs is 1. The number of thiazole rings is 1. The standard InChI is InChI=1S/C18H13ClN4OS2/c19-12-6-2-1-5-11(12)15-9-25-18(22-15)23-16(24)10-26-17-20-13-7-3-4-8-14(13)21-17/h1-9H,10H2,(H,20,21)(H,22,23,24). The molecule has 2 heterocycles. The zero-order valence-corrected chi connectivity index (χ0v) is 15.8. The van der Waals surface area contributed by atoms with E-state index in [1.807, 2.05) is 53.9 Å². The first-order chi connectivity index (χ1) is 12.7. The van der Waals surface area contributed by atoms with Crippen molar-refractivity contribution in [1.82, 2.24) is 15.0 Å². The van der Waals surface area contributed by atoms with Crippen LogP contribution in [0.1, 0.15) is 0 Å². The maximum atomic E-state index is 12.2. The van der Waals surface area contributed by atoms with Crippen molar-refractivity contribution >= 4 is 56.8 Å². The molecule has 4 rings (SSSR count). The van der Waals surface area contributed by atoms with E-state index in [1.54, 1.807) is 0 Å². The molecule has 1 amide bonds. The molecule has 8 heteroatoms. The third-order valence-electron chi connectivity index (χ3n) is 3.61. The minimum atomic E-state index is -0.129. The van der Waals surface area contributed by atoms with Gasteiger partial charge in [0.1, 0.15) is 0 Å². The Morgan fingerprint density at radius 3 is 2.81 bits per heavy atom. The minimum absolute atomic E-state index is 0.129. The van der Waals surface area contributed by atoms with Crippen LogP contribution in [0, 0.1) is 0 Å². The Hall–Kier alpha value is -2.35. The highest BCUT2D eigenvalue weighted by Crippen LogP contribution is 2.30. The lowest BCUT2D eigenvalue weighted by atomic mass is 10.2. The van der Waals surface area contributed by atoms with Gasteiger partial charge in [-0.1, -0.05) is 53.7 Å². The molecule has 0 saturated heterocycles. The van der Waals surface area contributed by atoms with Gasteiger partial charge in [0.05, 0.1) is 22.5 Å². The van der Waals surface area contributed by atoms with Crippen LogP contribution < -0.4 is 5.32 Å². The second-order valence-corrected chi connectivity index (χ2v) is 7.64. The number of thioether (sulfide) groups is 1. The number of nitrogens with one attached hydrogen (secondary N) is 2. The van der Waals surface area contributed by atoms with Crippen LogP contribution in [0.5, 0.6) is 0 Å². The number of hydrogen-bond donors (Lipinski definition) is 2. The highest BCUT2D eigenvalue weighted by atomic mass is 35.5. The van der Waals surface area contributed by atoms with Crippen molar-refractivity contribution in [1.29, 1.82) is 0 Å². The number of anilines is 1. The van der Waals surface area contributed by atoms with E-state index in [0.717, 1.165) is 27.4 Å². The molecule has 0 aliphatic carbocycles. The topological polar surface area (TPSA) is 70.7 Å². The highest BCUT2D eigenvalue weighted by Gasteiger charge is 2.11. The summed E-state index contributed by atoms with van der Waals surface area (Å²) < 4.78 is 0.